The van der Waals surface area contributed by atoms with Crippen LogP contribution in [0.1, 0.15) is 17.5 Å². The first-order valence-corrected chi connectivity index (χ1v) is 6.52. The Morgan fingerprint density at radius 1 is 1.39 bits per heavy atom. The molecule has 0 saturated heterocycles. The number of methoxy groups -OCH3 is 2. The highest BCUT2D eigenvalue weighted by Crippen LogP contribution is 2.37. The number of hydrogen-bond donors (Lipinski definition) is 1. The largest absolute Gasteiger partial charge is 0.496 e. The molecule has 0 fully saturated rings. The number of esters is 1. The van der Waals surface area contributed by atoms with Gasteiger partial charge in [-0.25, -0.2) is 0 Å². The minimum Gasteiger partial charge on any atom is -0.496 e. The minimum absolute atomic E-state index is 0.366. The highest BCUT2D eigenvalue weighted by molar-refractivity contribution is 9.10. The van der Waals surface area contributed by atoms with Crippen molar-refractivity contribution in [2.45, 2.75) is 24.8 Å². The molecule has 1 aliphatic rings. The van der Waals surface area contributed by atoms with Crippen LogP contribution in [-0.2, 0) is 22.4 Å². The molecule has 18 heavy (non-hydrogen) atoms. The van der Waals surface area contributed by atoms with E-state index in [0.717, 1.165) is 22.2 Å². The van der Waals surface area contributed by atoms with Gasteiger partial charge in [0.1, 0.15) is 11.3 Å². The predicted octanol–water partition coefficient (Wildman–Crippen LogP) is 1.82. The Balaban J connectivity index is 2.44. The zero-order chi connectivity index (χ0) is 13.3. The molecule has 1 aromatic rings. The van der Waals surface area contributed by atoms with Gasteiger partial charge in [0.15, 0.2) is 0 Å². The van der Waals surface area contributed by atoms with E-state index in [1.165, 1.54) is 12.7 Å². The van der Waals surface area contributed by atoms with E-state index in [-0.39, 0.29) is 5.97 Å². The van der Waals surface area contributed by atoms with Gasteiger partial charge in [-0.05, 0) is 30.5 Å². The fourth-order valence-corrected chi connectivity index (χ4v) is 3.00. The lowest BCUT2D eigenvalue weighted by molar-refractivity contribution is -0.147. The fourth-order valence-electron chi connectivity index (χ4n) is 2.43. The molecular weight excluding hydrogens is 298 g/mol. The number of fused-ring (bicyclic) bond motifs is 1. The second-order valence-electron chi connectivity index (χ2n) is 4.53. The Labute approximate surface area is 115 Å². The molecule has 0 bridgehead atoms. The number of benzene rings is 1. The summed E-state index contributed by atoms with van der Waals surface area (Å²) in [6.45, 7) is 0. The van der Waals surface area contributed by atoms with Crippen LogP contribution in [0.2, 0.25) is 0 Å². The molecule has 0 heterocycles. The SMILES string of the molecule is COC(=O)C1(N)CCc2c(Br)ccc(OC)c2C1. The summed E-state index contributed by atoms with van der Waals surface area (Å²) < 4.78 is 11.2. The number of carbonyl (C=O) groups excluding carboxylic acids is 1. The van der Waals surface area contributed by atoms with Crippen molar-refractivity contribution in [2.24, 2.45) is 5.73 Å². The summed E-state index contributed by atoms with van der Waals surface area (Å²) in [5, 5.41) is 0. The van der Waals surface area contributed by atoms with Crippen LogP contribution in [-0.4, -0.2) is 25.7 Å². The first-order valence-electron chi connectivity index (χ1n) is 5.73. The first-order chi connectivity index (χ1) is 8.51. The van der Waals surface area contributed by atoms with Gasteiger partial charge < -0.3 is 15.2 Å². The molecule has 1 atom stereocenters. The van der Waals surface area contributed by atoms with Crippen molar-refractivity contribution in [1.82, 2.24) is 0 Å². The molecule has 0 aromatic heterocycles. The maximum Gasteiger partial charge on any atom is 0.326 e. The summed E-state index contributed by atoms with van der Waals surface area (Å²) in [6.07, 6.45) is 1.76. The number of carbonyl (C=O) groups is 1. The van der Waals surface area contributed by atoms with Gasteiger partial charge in [-0.3, -0.25) is 4.79 Å². The van der Waals surface area contributed by atoms with Crippen LogP contribution >= 0.6 is 15.9 Å². The van der Waals surface area contributed by atoms with Gasteiger partial charge in [-0.15, -0.1) is 0 Å². The number of nitrogens with two attached hydrogens (primary N) is 1. The van der Waals surface area contributed by atoms with Crippen LogP contribution in [0.25, 0.3) is 0 Å². The molecule has 1 unspecified atom stereocenters. The van der Waals surface area contributed by atoms with Gasteiger partial charge in [-0.2, -0.15) is 0 Å². The van der Waals surface area contributed by atoms with E-state index >= 15 is 0 Å². The van der Waals surface area contributed by atoms with E-state index in [9.17, 15) is 4.79 Å². The maximum absolute atomic E-state index is 11.8. The molecule has 0 aliphatic heterocycles. The maximum atomic E-state index is 11.8. The quantitative estimate of drug-likeness (QED) is 0.846. The fraction of sp³-hybridized carbons (Fsp3) is 0.462. The lowest BCUT2D eigenvalue weighted by atomic mass is 9.78. The van der Waals surface area contributed by atoms with E-state index in [1.807, 2.05) is 12.1 Å². The molecule has 5 heteroatoms. The van der Waals surface area contributed by atoms with Crippen molar-refractivity contribution in [3.8, 4) is 5.75 Å². The molecule has 1 aromatic carbocycles. The van der Waals surface area contributed by atoms with E-state index in [4.69, 9.17) is 15.2 Å². The number of rotatable bonds is 2. The summed E-state index contributed by atoms with van der Waals surface area (Å²) in [5.74, 6) is 0.404. The Morgan fingerprint density at radius 2 is 2.11 bits per heavy atom. The van der Waals surface area contributed by atoms with Gasteiger partial charge >= 0.3 is 5.97 Å². The van der Waals surface area contributed by atoms with E-state index in [1.54, 1.807) is 7.11 Å². The van der Waals surface area contributed by atoms with E-state index in [2.05, 4.69) is 15.9 Å². The lowest BCUT2D eigenvalue weighted by Gasteiger charge is -2.33. The average molecular weight is 314 g/mol. The summed E-state index contributed by atoms with van der Waals surface area (Å²) in [7, 11) is 2.99. The Hall–Kier alpha value is -1.07. The number of ether oxygens (including phenoxy) is 2. The van der Waals surface area contributed by atoms with Crippen LogP contribution < -0.4 is 10.5 Å². The molecule has 0 radical (unpaired) electrons. The Kier molecular flexibility index (Phi) is 3.64. The predicted molar refractivity (Wildman–Crippen MR) is 71.7 cm³/mol. The molecule has 0 saturated carbocycles. The third kappa shape index (κ3) is 2.12. The molecule has 98 valence electrons. The third-order valence-corrected chi connectivity index (χ3v) is 4.20. The van der Waals surface area contributed by atoms with Crippen molar-refractivity contribution in [1.29, 1.82) is 0 Å². The topological polar surface area (TPSA) is 61.5 Å². The third-order valence-electron chi connectivity index (χ3n) is 3.46. The number of halogens is 1. The van der Waals surface area contributed by atoms with Crippen molar-refractivity contribution in [3.05, 3.63) is 27.7 Å². The second-order valence-corrected chi connectivity index (χ2v) is 5.39. The lowest BCUT2D eigenvalue weighted by Crippen LogP contribution is -2.52. The smallest absolute Gasteiger partial charge is 0.326 e. The van der Waals surface area contributed by atoms with Crippen LogP contribution in [0.3, 0.4) is 0 Å². The molecule has 2 N–H and O–H groups in total. The van der Waals surface area contributed by atoms with Crippen molar-refractivity contribution in [2.75, 3.05) is 14.2 Å². The van der Waals surface area contributed by atoms with Crippen LogP contribution in [0.4, 0.5) is 0 Å². The van der Waals surface area contributed by atoms with Crippen LogP contribution in [0.15, 0.2) is 16.6 Å². The van der Waals surface area contributed by atoms with Gasteiger partial charge in [0.2, 0.25) is 0 Å². The Morgan fingerprint density at radius 3 is 2.72 bits per heavy atom. The highest BCUT2D eigenvalue weighted by atomic mass is 79.9. The summed E-state index contributed by atoms with van der Waals surface area (Å²) in [6, 6.07) is 3.84. The van der Waals surface area contributed by atoms with Crippen LogP contribution in [0, 0.1) is 0 Å². The minimum atomic E-state index is -0.949. The zero-order valence-corrected chi connectivity index (χ0v) is 12.0. The molecule has 4 nitrogen and oxygen atoms in total. The molecule has 2 rings (SSSR count). The molecule has 0 spiro atoms. The monoisotopic (exact) mass is 313 g/mol. The average Bonchev–Trinajstić information content (AvgIpc) is 2.38. The molecular formula is C13H16BrNO3. The van der Waals surface area contributed by atoms with Gasteiger partial charge in [0.25, 0.3) is 0 Å². The van der Waals surface area contributed by atoms with Gasteiger partial charge in [0.05, 0.1) is 14.2 Å². The summed E-state index contributed by atoms with van der Waals surface area (Å²) >= 11 is 3.52. The van der Waals surface area contributed by atoms with E-state index in [0.29, 0.717) is 12.8 Å². The second kappa shape index (κ2) is 4.90. The van der Waals surface area contributed by atoms with Crippen molar-refractivity contribution >= 4 is 21.9 Å². The zero-order valence-electron chi connectivity index (χ0n) is 10.5. The first kappa shape index (κ1) is 13.4. The standard InChI is InChI=1S/C13H16BrNO3/c1-17-11-4-3-10(14)8-5-6-13(15,7-9(8)11)12(16)18-2/h3-4H,5-7,15H2,1-2H3. The van der Waals surface area contributed by atoms with E-state index < -0.39 is 5.54 Å². The normalized spacial score (nSPS) is 22.2. The van der Waals surface area contributed by atoms with Gasteiger partial charge in [0, 0.05) is 16.5 Å². The molecule has 1 aliphatic carbocycles. The van der Waals surface area contributed by atoms with Crippen molar-refractivity contribution < 1.29 is 14.3 Å². The van der Waals surface area contributed by atoms with Gasteiger partial charge in [-0.1, -0.05) is 15.9 Å². The van der Waals surface area contributed by atoms with Crippen LogP contribution in [0.5, 0.6) is 5.75 Å². The number of hydrogen-bond acceptors (Lipinski definition) is 4. The summed E-state index contributed by atoms with van der Waals surface area (Å²) in [4.78, 5) is 11.8. The van der Waals surface area contributed by atoms with Crippen molar-refractivity contribution in [3.63, 3.8) is 0 Å². The highest BCUT2D eigenvalue weighted by Gasteiger charge is 2.40. The molecule has 0 amide bonds. The summed E-state index contributed by atoms with van der Waals surface area (Å²) in [5.41, 5.74) is 7.37. The Bertz CT molecular complexity index is 489.